The van der Waals surface area contributed by atoms with Crippen LogP contribution in [0.4, 0.5) is 0 Å². The summed E-state index contributed by atoms with van der Waals surface area (Å²) in [6, 6.07) is 21.7. The van der Waals surface area contributed by atoms with Crippen LogP contribution in [0, 0.1) is 13.8 Å². The normalized spacial score (nSPS) is 11.5. The molecule has 5 aromatic rings. The van der Waals surface area contributed by atoms with Gasteiger partial charge in [-0.25, -0.2) is 0 Å². The second-order valence-electron chi connectivity index (χ2n) is 9.63. The molecular formula is C29H29N5O2S. The summed E-state index contributed by atoms with van der Waals surface area (Å²) in [5.74, 6) is 0.967. The second kappa shape index (κ2) is 10.2. The van der Waals surface area contributed by atoms with Crippen molar-refractivity contribution in [3.05, 3.63) is 105 Å². The molecule has 7 nitrogen and oxygen atoms in total. The number of aromatic nitrogens is 4. The fraction of sp³-hybridized carbons (Fsp3) is 0.241. The summed E-state index contributed by atoms with van der Waals surface area (Å²) in [5, 5.41) is 13.0. The van der Waals surface area contributed by atoms with Crippen LogP contribution >= 0.6 is 11.8 Å². The van der Waals surface area contributed by atoms with Crippen LogP contribution in [0.3, 0.4) is 0 Å². The zero-order valence-corrected chi connectivity index (χ0v) is 22.2. The van der Waals surface area contributed by atoms with Gasteiger partial charge >= 0.3 is 0 Å². The third kappa shape index (κ3) is 5.15. The van der Waals surface area contributed by atoms with Crippen molar-refractivity contribution in [3.8, 4) is 0 Å². The van der Waals surface area contributed by atoms with Gasteiger partial charge in [0.1, 0.15) is 0 Å². The number of fused-ring (bicyclic) bond motifs is 3. The molecule has 5 rings (SSSR count). The van der Waals surface area contributed by atoms with E-state index in [9.17, 15) is 9.59 Å². The van der Waals surface area contributed by atoms with Crippen LogP contribution < -0.4 is 10.9 Å². The minimum Gasteiger partial charge on any atom is -0.350 e. The first-order valence-corrected chi connectivity index (χ1v) is 13.2. The lowest BCUT2D eigenvalue weighted by molar-refractivity contribution is 0.0943. The van der Waals surface area contributed by atoms with E-state index < -0.39 is 0 Å². The SMILES string of the molecule is Cc1ccc(CSc2nnc3n(Cc4ccc(C)cc4)c(=O)c4ccc(C(=O)NC(C)C)cc4n23)cc1. The number of carbonyl (C=O) groups excluding carboxylic acids is 1. The molecule has 0 bridgehead atoms. The molecular weight excluding hydrogens is 482 g/mol. The molecule has 8 heteroatoms. The van der Waals surface area contributed by atoms with E-state index in [1.165, 1.54) is 11.1 Å². The zero-order valence-electron chi connectivity index (χ0n) is 21.4. The van der Waals surface area contributed by atoms with E-state index in [0.717, 1.165) is 11.1 Å². The molecule has 0 spiro atoms. The molecule has 0 saturated heterocycles. The predicted octanol–water partition coefficient (Wildman–Crippen LogP) is 5.14. The van der Waals surface area contributed by atoms with Gasteiger partial charge < -0.3 is 5.32 Å². The lowest BCUT2D eigenvalue weighted by Gasteiger charge is -2.13. The van der Waals surface area contributed by atoms with E-state index in [1.807, 2.05) is 49.4 Å². The third-order valence-electron chi connectivity index (χ3n) is 6.20. The highest BCUT2D eigenvalue weighted by atomic mass is 32.2. The number of aryl methyl sites for hydroxylation is 2. The van der Waals surface area contributed by atoms with Crippen LogP contribution in [-0.2, 0) is 12.3 Å². The molecule has 1 N–H and O–H groups in total. The predicted molar refractivity (Wildman–Crippen MR) is 148 cm³/mol. The van der Waals surface area contributed by atoms with Crippen molar-refractivity contribution in [1.29, 1.82) is 0 Å². The maximum absolute atomic E-state index is 13.7. The van der Waals surface area contributed by atoms with Crippen LogP contribution in [-0.4, -0.2) is 31.1 Å². The highest BCUT2D eigenvalue weighted by Gasteiger charge is 2.19. The van der Waals surface area contributed by atoms with Gasteiger partial charge in [0, 0.05) is 17.4 Å². The fourth-order valence-electron chi connectivity index (χ4n) is 4.21. The van der Waals surface area contributed by atoms with Gasteiger partial charge in [0.05, 0.1) is 17.4 Å². The summed E-state index contributed by atoms with van der Waals surface area (Å²) < 4.78 is 3.56. The molecule has 1 amide bonds. The molecule has 0 aliphatic heterocycles. The Labute approximate surface area is 219 Å². The average Bonchev–Trinajstić information content (AvgIpc) is 3.30. The van der Waals surface area contributed by atoms with Crippen LogP contribution in [0.25, 0.3) is 16.7 Å². The number of hydrogen-bond acceptors (Lipinski definition) is 5. The number of hydrogen-bond donors (Lipinski definition) is 1. The van der Waals surface area contributed by atoms with E-state index in [2.05, 4.69) is 46.7 Å². The van der Waals surface area contributed by atoms with E-state index in [4.69, 9.17) is 0 Å². The van der Waals surface area contributed by atoms with Crippen LogP contribution in [0.5, 0.6) is 0 Å². The fourth-order valence-corrected chi connectivity index (χ4v) is 5.11. The Balaban J connectivity index is 1.65. The van der Waals surface area contributed by atoms with Gasteiger partial charge in [0.2, 0.25) is 5.78 Å². The highest BCUT2D eigenvalue weighted by Crippen LogP contribution is 2.26. The van der Waals surface area contributed by atoms with Crippen molar-refractivity contribution in [3.63, 3.8) is 0 Å². The lowest BCUT2D eigenvalue weighted by atomic mass is 10.1. The highest BCUT2D eigenvalue weighted by molar-refractivity contribution is 7.98. The van der Waals surface area contributed by atoms with E-state index in [0.29, 0.717) is 39.7 Å². The summed E-state index contributed by atoms with van der Waals surface area (Å²) >= 11 is 1.55. The van der Waals surface area contributed by atoms with E-state index in [1.54, 1.807) is 34.5 Å². The first-order valence-electron chi connectivity index (χ1n) is 12.3. The molecule has 0 saturated carbocycles. The average molecular weight is 512 g/mol. The van der Waals surface area contributed by atoms with Crippen molar-refractivity contribution in [2.75, 3.05) is 0 Å². The molecule has 0 atom stereocenters. The molecule has 188 valence electrons. The zero-order chi connectivity index (χ0) is 26.1. The Morgan fingerprint density at radius 2 is 1.57 bits per heavy atom. The van der Waals surface area contributed by atoms with Crippen LogP contribution in [0.1, 0.15) is 46.5 Å². The molecule has 3 aromatic carbocycles. The largest absolute Gasteiger partial charge is 0.350 e. The number of thioether (sulfide) groups is 1. The Hall–Kier alpha value is -3.91. The maximum Gasteiger partial charge on any atom is 0.263 e. The van der Waals surface area contributed by atoms with Crippen molar-refractivity contribution in [1.82, 2.24) is 24.5 Å². The Morgan fingerprint density at radius 3 is 2.22 bits per heavy atom. The monoisotopic (exact) mass is 511 g/mol. The van der Waals surface area contributed by atoms with Crippen molar-refractivity contribution < 1.29 is 4.79 Å². The first-order chi connectivity index (χ1) is 17.8. The molecule has 2 aromatic heterocycles. The van der Waals surface area contributed by atoms with Gasteiger partial charge in [0.15, 0.2) is 5.16 Å². The Morgan fingerprint density at radius 1 is 0.919 bits per heavy atom. The first kappa shape index (κ1) is 24.8. The number of carbonyl (C=O) groups is 1. The minimum atomic E-state index is -0.184. The molecule has 37 heavy (non-hydrogen) atoms. The van der Waals surface area contributed by atoms with E-state index in [-0.39, 0.29) is 17.5 Å². The molecule has 0 aliphatic carbocycles. The van der Waals surface area contributed by atoms with Crippen LogP contribution in [0.15, 0.2) is 76.7 Å². The van der Waals surface area contributed by atoms with Gasteiger partial charge in [-0.1, -0.05) is 71.4 Å². The summed E-state index contributed by atoms with van der Waals surface area (Å²) in [6.45, 7) is 8.30. The summed E-state index contributed by atoms with van der Waals surface area (Å²) in [7, 11) is 0. The molecule has 0 aliphatic rings. The summed E-state index contributed by atoms with van der Waals surface area (Å²) in [6.07, 6.45) is 0. The standard InChI is InChI=1S/C29H29N5O2S/c1-18(2)30-26(35)23-13-14-24-25(15-23)34-28(33(27(24)36)16-21-9-5-19(3)6-10-21)31-32-29(34)37-17-22-11-7-20(4)8-12-22/h5-15,18H,16-17H2,1-4H3,(H,30,35). The number of nitrogens with zero attached hydrogens (tertiary/aromatic N) is 4. The van der Waals surface area contributed by atoms with Crippen molar-refractivity contribution in [2.45, 2.75) is 51.2 Å². The van der Waals surface area contributed by atoms with Crippen molar-refractivity contribution in [2.24, 2.45) is 0 Å². The maximum atomic E-state index is 13.7. The minimum absolute atomic E-state index is 0.00117. The van der Waals surface area contributed by atoms with Gasteiger partial charge in [-0.15, -0.1) is 10.2 Å². The molecule has 0 fully saturated rings. The van der Waals surface area contributed by atoms with Gasteiger partial charge in [-0.05, 0) is 57.0 Å². The molecule has 0 radical (unpaired) electrons. The smallest absolute Gasteiger partial charge is 0.263 e. The van der Waals surface area contributed by atoms with Gasteiger partial charge in [-0.3, -0.25) is 18.6 Å². The second-order valence-corrected chi connectivity index (χ2v) is 10.6. The molecule has 0 unspecified atom stereocenters. The third-order valence-corrected chi connectivity index (χ3v) is 7.20. The van der Waals surface area contributed by atoms with Gasteiger partial charge in [0.25, 0.3) is 11.5 Å². The summed E-state index contributed by atoms with van der Waals surface area (Å²) in [5.41, 5.74) is 5.47. The summed E-state index contributed by atoms with van der Waals surface area (Å²) in [4.78, 5) is 26.4. The number of nitrogens with one attached hydrogen (secondary N) is 1. The van der Waals surface area contributed by atoms with Gasteiger partial charge in [-0.2, -0.15) is 0 Å². The Kier molecular flexibility index (Phi) is 6.84. The lowest BCUT2D eigenvalue weighted by Crippen LogP contribution is -2.30. The number of benzene rings is 3. The van der Waals surface area contributed by atoms with E-state index >= 15 is 0 Å². The topological polar surface area (TPSA) is 81.3 Å². The number of rotatable bonds is 7. The van der Waals surface area contributed by atoms with Crippen LogP contribution in [0.2, 0.25) is 0 Å². The van der Waals surface area contributed by atoms with Crippen molar-refractivity contribution >= 4 is 34.3 Å². The molecule has 2 heterocycles. The quantitative estimate of drug-likeness (QED) is 0.306. The Bertz CT molecular complexity index is 1650. The number of amides is 1.